The molecule has 0 aliphatic heterocycles. The molecule has 120 valence electrons. The number of aryl methyl sites for hydroxylation is 1. The van der Waals surface area contributed by atoms with Gasteiger partial charge in [-0.05, 0) is 24.3 Å². The van der Waals surface area contributed by atoms with Crippen molar-refractivity contribution in [3.05, 3.63) is 63.0 Å². The van der Waals surface area contributed by atoms with Crippen LogP contribution in [0.2, 0.25) is 10.2 Å². The third-order valence-corrected chi connectivity index (χ3v) is 4.41. The van der Waals surface area contributed by atoms with Crippen LogP contribution in [0, 0.1) is 5.82 Å². The second kappa shape index (κ2) is 5.29. The summed E-state index contributed by atoms with van der Waals surface area (Å²) in [5.74, 6) is -0.627. The lowest BCUT2D eigenvalue weighted by molar-refractivity contribution is 0.627. The number of aromatic nitrogens is 4. The number of benzene rings is 1. The molecule has 0 atom stereocenters. The summed E-state index contributed by atoms with van der Waals surface area (Å²) < 4.78 is 16.8. The summed E-state index contributed by atoms with van der Waals surface area (Å²) in [6, 6.07) is 7.61. The zero-order valence-corrected chi connectivity index (χ0v) is 13.8. The van der Waals surface area contributed by atoms with Crippen molar-refractivity contribution in [3.8, 4) is 5.69 Å². The zero-order valence-electron chi connectivity index (χ0n) is 12.3. The first-order valence-corrected chi connectivity index (χ1v) is 7.71. The lowest BCUT2D eigenvalue weighted by Crippen LogP contribution is -2.21. The van der Waals surface area contributed by atoms with Crippen molar-refractivity contribution in [2.24, 2.45) is 7.05 Å². The fourth-order valence-corrected chi connectivity index (χ4v) is 3.13. The summed E-state index contributed by atoms with van der Waals surface area (Å²) >= 11 is 12.1. The van der Waals surface area contributed by atoms with Gasteiger partial charge in [0.2, 0.25) is 0 Å². The Morgan fingerprint density at radius 3 is 2.75 bits per heavy atom. The van der Waals surface area contributed by atoms with Crippen molar-refractivity contribution in [1.29, 1.82) is 0 Å². The molecule has 0 aliphatic carbocycles. The number of hydrogen-bond donors (Lipinski definition) is 0. The molecule has 1 aromatic carbocycles. The number of nitrogens with zero attached hydrogens (tertiary/aromatic N) is 4. The molecule has 0 aliphatic rings. The Morgan fingerprint density at radius 2 is 1.96 bits per heavy atom. The van der Waals surface area contributed by atoms with Crippen LogP contribution in [0.3, 0.4) is 0 Å². The zero-order chi connectivity index (χ0) is 17.0. The van der Waals surface area contributed by atoms with Crippen LogP contribution in [-0.2, 0) is 7.05 Å². The Hall–Kier alpha value is -2.44. The molecule has 0 saturated carbocycles. The monoisotopic (exact) mass is 362 g/mol. The Bertz CT molecular complexity index is 1180. The smallest absolute Gasteiger partial charge is 0.284 e. The summed E-state index contributed by atoms with van der Waals surface area (Å²) in [6.07, 6.45) is 1.54. The van der Waals surface area contributed by atoms with Gasteiger partial charge in [-0.2, -0.15) is 0 Å². The van der Waals surface area contributed by atoms with Gasteiger partial charge in [0.05, 0.1) is 17.5 Å². The van der Waals surface area contributed by atoms with E-state index in [1.807, 2.05) is 0 Å². The lowest BCUT2D eigenvalue weighted by Gasteiger charge is -2.13. The van der Waals surface area contributed by atoms with Gasteiger partial charge < -0.3 is 4.57 Å². The second-order valence-corrected chi connectivity index (χ2v) is 6.04. The normalized spacial score (nSPS) is 11.5. The molecule has 5 nitrogen and oxygen atoms in total. The Balaban J connectivity index is 2.30. The third-order valence-electron chi connectivity index (χ3n) is 3.82. The van der Waals surface area contributed by atoms with Crippen LogP contribution in [-0.4, -0.2) is 19.1 Å². The van der Waals surface area contributed by atoms with Crippen molar-refractivity contribution >= 4 is 45.3 Å². The van der Waals surface area contributed by atoms with E-state index in [4.69, 9.17) is 23.2 Å². The van der Waals surface area contributed by atoms with E-state index < -0.39 is 11.4 Å². The first-order valence-electron chi connectivity index (χ1n) is 6.95. The van der Waals surface area contributed by atoms with E-state index in [1.165, 1.54) is 23.0 Å². The minimum absolute atomic E-state index is 0.169. The number of pyridine rings is 2. The van der Waals surface area contributed by atoms with Gasteiger partial charge in [0.15, 0.2) is 11.2 Å². The van der Waals surface area contributed by atoms with E-state index in [0.29, 0.717) is 10.9 Å². The Kier molecular flexibility index (Phi) is 3.33. The van der Waals surface area contributed by atoms with E-state index >= 15 is 0 Å². The highest BCUT2D eigenvalue weighted by atomic mass is 35.5. The second-order valence-electron chi connectivity index (χ2n) is 5.27. The van der Waals surface area contributed by atoms with Crippen LogP contribution < -0.4 is 5.56 Å². The summed E-state index contributed by atoms with van der Waals surface area (Å²) in [7, 11) is 1.78. The number of hydrogen-bond acceptors (Lipinski definition) is 3. The summed E-state index contributed by atoms with van der Waals surface area (Å²) in [6.45, 7) is 0. The fraction of sp³-hybridized carbons (Fsp3) is 0.0625. The van der Waals surface area contributed by atoms with Gasteiger partial charge in [0.1, 0.15) is 16.0 Å². The number of fused-ring (bicyclic) bond motifs is 3. The summed E-state index contributed by atoms with van der Waals surface area (Å²) in [5, 5.41) is 0.706. The summed E-state index contributed by atoms with van der Waals surface area (Å²) in [4.78, 5) is 21.4. The highest BCUT2D eigenvalue weighted by Gasteiger charge is 2.19. The van der Waals surface area contributed by atoms with Crippen LogP contribution in [0.25, 0.3) is 27.8 Å². The fourth-order valence-electron chi connectivity index (χ4n) is 2.78. The van der Waals surface area contributed by atoms with Crippen LogP contribution in [0.15, 0.2) is 41.5 Å². The van der Waals surface area contributed by atoms with Gasteiger partial charge >= 0.3 is 0 Å². The first-order chi connectivity index (χ1) is 11.5. The third kappa shape index (κ3) is 2.03. The highest BCUT2D eigenvalue weighted by molar-refractivity contribution is 6.32. The average molecular weight is 363 g/mol. The average Bonchev–Trinajstić information content (AvgIpc) is 2.94. The Labute approximate surface area is 144 Å². The number of imidazole rings is 1. The first kappa shape index (κ1) is 15.1. The number of halogens is 3. The van der Waals surface area contributed by atoms with E-state index in [9.17, 15) is 9.18 Å². The van der Waals surface area contributed by atoms with Crippen molar-refractivity contribution in [2.45, 2.75) is 0 Å². The minimum Gasteiger partial charge on any atom is -0.333 e. The van der Waals surface area contributed by atoms with Crippen molar-refractivity contribution in [1.82, 2.24) is 19.1 Å². The largest absolute Gasteiger partial charge is 0.333 e. The molecule has 0 amide bonds. The molecule has 0 bridgehead atoms. The molecule has 3 heterocycles. The molecule has 0 N–H and O–H groups in total. The van der Waals surface area contributed by atoms with Crippen LogP contribution >= 0.6 is 23.2 Å². The number of rotatable bonds is 1. The Morgan fingerprint density at radius 1 is 1.17 bits per heavy atom. The molecular weight excluding hydrogens is 354 g/mol. The van der Waals surface area contributed by atoms with Gasteiger partial charge in [-0.3, -0.25) is 9.36 Å². The molecule has 0 fully saturated rings. The van der Waals surface area contributed by atoms with Crippen LogP contribution in [0.1, 0.15) is 0 Å². The standard InChI is InChI=1S/C16H9Cl2FN4O/c1-22-7-20-13-14(22)8-5-6-11(17)21-15(8)23(16(13)24)10-4-2-3-9(19)12(10)18/h2-7H,1H3. The molecular formula is C16H9Cl2FN4O. The predicted molar refractivity (Wildman–Crippen MR) is 91.6 cm³/mol. The molecule has 4 aromatic rings. The van der Waals surface area contributed by atoms with Gasteiger partial charge in [0, 0.05) is 12.4 Å². The minimum atomic E-state index is -0.627. The van der Waals surface area contributed by atoms with Gasteiger partial charge in [0.25, 0.3) is 5.56 Å². The lowest BCUT2D eigenvalue weighted by atomic mass is 10.2. The molecule has 0 radical (unpaired) electrons. The maximum atomic E-state index is 13.9. The topological polar surface area (TPSA) is 52.7 Å². The van der Waals surface area contributed by atoms with Crippen LogP contribution in [0.5, 0.6) is 0 Å². The van der Waals surface area contributed by atoms with E-state index in [1.54, 1.807) is 29.8 Å². The van der Waals surface area contributed by atoms with E-state index in [2.05, 4.69) is 9.97 Å². The van der Waals surface area contributed by atoms with Crippen molar-refractivity contribution in [3.63, 3.8) is 0 Å². The maximum Gasteiger partial charge on any atom is 0.284 e. The molecule has 0 saturated heterocycles. The van der Waals surface area contributed by atoms with Crippen LogP contribution in [0.4, 0.5) is 4.39 Å². The predicted octanol–water partition coefficient (Wildman–Crippen LogP) is 3.72. The van der Waals surface area contributed by atoms with Gasteiger partial charge in [-0.25, -0.2) is 14.4 Å². The maximum absolute atomic E-state index is 13.9. The molecule has 3 aromatic heterocycles. The highest BCUT2D eigenvalue weighted by Crippen LogP contribution is 2.28. The van der Waals surface area contributed by atoms with E-state index in [0.717, 1.165) is 0 Å². The van der Waals surface area contributed by atoms with Crippen molar-refractivity contribution < 1.29 is 4.39 Å². The van der Waals surface area contributed by atoms with E-state index in [-0.39, 0.29) is 27.0 Å². The quantitative estimate of drug-likeness (QED) is 0.485. The molecule has 0 spiro atoms. The molecule has 4 rings (SSSR count). The SMILES string of the molecule is Cn1cnc2c(=O)n(-c3cccc(F)c3Cl)c3nc(Cl)ccc3c21. The molecule has 0 unspecified atom stereocenters. The summed E-state index contributed by atoms with van der Waals surface area (Å²) in [5.41, 5.74) is 0.905. The van der Waals surface area contributed by atoms with Gasteiger partial charge in [-0.1, -0.05) is 29.3 Å². The molecule has 24 heavy (non-hydrogen) atoms. The molecule has 8 heteroatoms. The van der Waals surface area contributed by atoms with Crippen molar-refractivity contribution in [2.75, 3.05) is 0 Å². The van der Waals surface area contributed by atoms with Gasteiger partial charge in [-0.15, -0.1) is 0 Å².